The summed E-state index contributed by atoms with van der Waals surface area (Å²) in [5, 5.41) is 16.5. The molecule has 3 heterocycles. The topological polar surface area (TPSA) is 98.2 Å². The Bertz CT molecular complexity index is 715. The van der Waals surface area contributed by atoms with Crippen LogP contribution in [0.15, 0.2) is 18.6 Å². The summed E-state index contributed by atoms with van der Waals surface area (Å²) in [6, 6.07) is 0. The number of H-pyrrole nitrogens is 1. The number of nitrogens with zero attached hydrogens (tertiary/aromatic N) is 5. The van der Waals surface area contributed by atoms with Crippen molar-refractivity contribution < 1.29 is 9.90 Å². The zero-order valence-corrected chi connectivity index (χ0v) is 14.2. The van der Waals surface area contributed by atoms with Gasteiger partial charge in [-0.2, -0.15) is 5.10 Å². The highest BCUT2D eigenvalue weighted by Gasteiger charge is 2.30. The first-order valence-electron chi connectivity index (χ1n) is 7.97. The van der Waals surface area contributed by atoms with Gasteiger partial charge in [0.1, 0.15) is 5.82 Å². The number of aromatic amines is 1. The van der Waals surface area contributed by atoms with Gasteiger partial charge in [-0.1, -0.05) is 0 Å². The van der Waals surface area contributed by atoms with Gasteiger partial charge in [0.2, 0.25) is 0 Å². The molecule has 0 spiro atoms. The summed E-state index contributed by atoms with van der Waals surface area (Å²) in [6.45, 7) is 7.59. The van der Waals surface area contributed by atoms with Gasteiger partial charge in [0.25, 0.3) is 0 Å². The highest BCUT2D eigenvalue weighted by atomic mass is 16.4. The van der Waals surface area contributed by atoms with E-state index in [9.17, 15) is 9.90 Å². The van der Waals surface area contributed by atoms with E-state index >= 15 is 0 Å². The molecule has 1 saturated heterocycles. The predicted molar refractivity (Wildman–Crippen MR) is 90.5 cm³/mol. The second-order valence-electron chi connectivity index (χ2n) is 6.91. The number of hydrogen-bond donors (Lipinski definition) is 2. The van der Waals surface area contributed by atoms with Crippen molar-refractivity contribution in [1.29, 1.82) is 0 Å². The van der Waals surface area contributed by atoms with Crippen molar-refractivity contribution >= 4 is 17.6 Å². The summed E-state index contributed by atoms with van der Waals surface area (Å²) in [6.07, 6.45) is 5.67. The molecule has 1 aliphatic heterocycles. The van der Waals surface area contributed by atoms with E-state index in [1.165, 1.54) is 17.5 Å². The van der Waals surface area contributed by atoms with E-state index in [1.807, 2.05) is 20.8 Å². The molecule has 1 aliphatic rings. The molecule has 1 amide bonds. The lowest BCUT2D eigenvalue weighted by atomic mass is 10.0. The molecule has 128 valence electrons. The molecule has 0 aromatic carbocycles. The molecule has 0 saturated carbocycles. The summed E-state index contributed by atoms with van der Waals surface area (Å²) < 4.78 is 0. The van der Waals surface area contributed by atoms with Crippen LogP contribution < -0.4 is 9.80 Å². The number of hydrogen-bond acceptors (Lipinski definition) is 5. The first-order chi connectivity index (χ1) is 11.4. The second kappa shape index (κ2) is 6.10. The van der Waals surface area contributed by atoms with E-state index in [0.29, 0.717) is 17.8 Å². The van der Waals surface area contributed by atoms with E-state index in [4.69, 9.17) is 0 Å². The van der Waals surface area contributed by atoms with Crippen molar-refractivity contribution in [3.05, 3.63) is 30.0 Å². The molecular weight excluding hydrogens is 308 g/mol. The third kappa shape index (κ3) is 3.17. The van der Waals surface area contributed by atoms with Gasteiger partial charge >= 0.3 is 6.09 Å². The van der Waals surface area contributed by atoms with E-state index in [0.717, 1.165) is 24.6 Å². The standard InChI is InChI=1S/C16H22N6O2/c1-16(2,3)22(15(23)24)13-9-19-20-12(13)7-11-8-18-14(10-17-11)21-5-4-6-21/h8-10H,4-7H2,1-3H3,(H,19,20)(H,23,24). The number of carbonyl (C=O) groups is 1. The molecule has 8 nitrogen and oxygen atoms in total. The molecule has 2 aromatic heterocycles. The number of rotatable bonds is 4. The molecule has 0 atom stereocenters. The van der Waals surface area contributed by atoms with Crippen LogP contribution in [0.4, 0.5) is 16.3 Å². The number of amides is 1. The maximum absolute atomic E-state index is 11.7. The van der Waals surface area contributed by atoms with Gasteiger partial charge in [0, 0.05) is 25.0 Å². The quantitative estimate of drug-likeness (QED) is 0.892. The lowest BCUT2D eigenvalue weighted by Gasteiger charge is -2.32. The average molecular weight is 330 g/mol. The van der Waals surface area contributed by atoms with Gasteiger partial charge in [-0.25, -0.2) is 9.78 Å². The minimum Gasteiger partial charge on any atom is -0.465 e. The Labute approximate surface area is 140 Å². The zero-order chi connectivity index (χ0) is 17.3. The SMILES string of the molecule is CC(C)(C)N(C(=O)O)c1cn[nH]c1Cc1cnc(N2CCC2)cn1. The Morgan fingerprint density at radius 1 is 1.29 bits per heavy atom. The van der Waals surface area contributed by atoms with Crippen LogP contribution in [-0.4, -0.2) is 50.0 Å². The maximum Gasteiger partial charge on any atom is 0.412 e. The summed E-state index contributed by atoms with van der Waals surface area (Å²) >= 11 is 0. The summed E-state index contributed by atoms with van der Waals surface area (Å²) in [4.78, 5) is 24.0. The van der Waals surface area contributed by atoms with E-state index in [-0.39, 0.29) is 0 Å². The Kier molecular flexibility index (Phi) is 4.13. The van der Waals surface area contributed by atoms with Crippen LogP contribution >= 0.6 is 0 Å². The number of nitrogens with one attached hydrogen (secondary N) is 1. The predicted octanol–water partition coefficient (Wildman–Crippen LogP) is 2.28. The normalized spacial score (nSPS) is 14.4. The Morgan fingerprint density at radius 3 is 2.54 bits per heavy atom. The summed E-state index contributed by atoms with van der Waals surface area (Å²) in [7, 11) is 0. The van der Waals surface area contributed by atoms with Crippen LogP contribution in [0, 0.1) is 0 Å². The molecule has 0 bridgehead atoms. The molecule has 1 fully saturated rings. The van der Waals surface area contributed by atoms with Crippen LogP contribution in [0.2, 0.25) is 0 Å². The van der Waals surface area contributed by atoms with Crippen molar-refractivity contribution in [2.75, 3.05) is 22.9 Å². The van der Waals surface area contributed by atoms with Crippen molar-refractivity contribution in [3.63, 3.8) is 0 Å². The smallest absolute Gasteiger partial charge is 0.412 e. The minimum absolute atomic E-state index is 0.447. The summed E-state index contributed by atoms with van der Waals surface area (Å²) in [5.74, 6) is 0.886. The molecular formula is C16H22N6O2. The van der Waals surface area contributed by atoms with Crippen molar-refractivity contribution in [3.8, 4) is 0 Å². The van der Waals surface area contributed by atoms with Crippen LogP contribution in [0.1, 0.15) is 38.6 Å². The molecule has 0 aliphatic carbocycles. The highest BCUT2D eigenvalue weighted by Crippen LogP contribution is 2.27. The second-order valence-corrected chi connectivity index (χ2v) is 6.91. The first kappa shape index (κ1) is 16.2. The van der Waals surface area contributed by atoms with E-state index in [1.54, 1.807) is 12.4 Å². The molecule has 8 heteroatoms. The summed E-state index contributed by atoms with van der Waals surface area (Å²) in [5.41, 5.74) is 1.45. The fourth-order valence-corrected chi connectivity index (χ4v) is 2.71. The van der Waals surface area contributed by atoms with Gasteiger partial charge in [0.05, 0.1) is 35.7 Å². The van der Waals surface area contributed by atoms with Gasteiger partial charge < -0.3 is 10.0 Å². The van der Waals surface area contributed by atoms with Crippen molar-refractivity contribution in [2.45, 2.75) is 39.2 Å². The number of anilines is 2. The molecule has 2 N–H and O–H groups in total. The van der Waals surface area contributed by atoms with Crippen LogP contribution in [0.5, 0.6) is 0 Å². The minimum atomic E-state index is -1.01. The zero-order valence-electron chi connectivity index (χ0n) is 14.2. The molecule has 2 aromatic rings. The third-order valence-electron chi connectivity index (χ3n) is 4.03. The third-order valence-corrected chi connectivity index (χ3v) is 4.03. The van der Waals surface area contributed by atoms with Crippen molar-refractivity contribution in [2.24, 2.45) is 0 Å². The molecule has 24 heavy (non-hydrogen) atoms. The lowest BCUT2D eigenvalue weighted by Crippen LogP contribution is -2.45. The fraction of sp³-hybridized carbons (Fsp3) is 0.500. The Hall–Kier alpha value is -2.64. The van der Waals surface area contributed by atoms with E-state index in [2.05, 4.69) is 25.1 Å². The maximum atomic E-state index is 11.7. The number of carboxylic acid groups (broad SMARTS) is 1. The molecule has 0 unspecified atom stereocenters. The van der Waals surface area contributed by atoms with Gasteiger partial charge in [-0.05, 0) is 27.2 Å². The van der Waals surface area contributed by atoms with Crippen LogP contribution in [-0.2, 0) is 6.42 Å². The lowest BCUT2D eigenvalue weighted by molar-refractivity contribution is 0.195. The monoisotopic (exact) mass is 330 g/mol. The largest absolute Gasteiger partial charge is 0.465 e. The van der Waals surface area contributed by atoms with Gasteiger partial charge in [-0.3, -0.25) is 15.0 Å². The highest BCUT2D eigenvalue weighted by molar-refractivity contribution is 5.88. The first-order valence-corrected chi connectivity index (χ1v) is 7.97. The van der Waals surface area contributed by atoms with Crippen molar-refractivity contribution in [1.82, 2.24) is 20.2 Å². The van der Waals surface area contributed by atoms with Crippen LogP contribution in [0.3, 0.4) is 0 Å². The number of aromatic nitrogens is 4. The Balaban J connectivity index is 1.81. The molecule has 0 radical (unpaired) electrons. The van der Waals surface area contributed by atoms with Crippen LogP contribution in [0.25, 0.3) is 0 Å². The van der Waals surface area contributed by atoms with Gasteiger partial charge in [-0.15, -0.1) is 0 Å². The van der Waals surface area contributed by atoms with Gasteiger partial charge in [0.15, 0.2) is 0 Å². The Morgan fingerprint density at radius 2 is 2.04 bits per heavy atom. The molecule has 3 rings (SSSR count). The fourth-order valence-electron chi connectivity index (χ4n) is 2.71. The average Bonchev–Trinajstić information content (AvgIpc) is 2.85. The van der Waals surface area contributed by atoms with E-state index < -0.39 is 11.6 Å².